The highest BCUT2D eigenvalue weighted by atomic mass is 35.5. The number of carbonyl (C=O) groups is 2. The first-order chi connectivity index (χ1) is 16.4. The van der Waals surface area contributed by atoms with Crippen LogP contribution in [0.2, 0.25) is 5.02 Å². The lowest BCUT2D eigenvalue weighted by molar-refractivity contribution is -0.140. The van der Waals surface area contributed by atoms with E-state index in [1.54, 1.807) is 26.4 Å². The van der Waals surface area contributed by atoms with Crippen molar-refractivity contribution in [3.63, 3.8) is 0 Å². The van der Waals surface area contributed by atoms with Crippen molar-refractivity contribution < 1.29 is 23.8 Å². The maximum absolute atomic E-state index is 13.6. The van der Waals surface area contributed by atoms with Gasteiger partial charge in [-0.1, -0.05) is 35.9 Å². The number of halogens is 1. The summed E-state index contributed by atoms with van der Waals surface area (Å²) in [5.74, 6) is -0.144. The second-order valence-electron chi connectivity index (χ2n) is 8.47. The molecule has 2 unspecified atom stereocenters. The molecule has 0 amide bonds. The molecule has 0 spiro atoms. The smallest absolute Gasteiger partial charge is 0.336 e. The molecule has 1 heterocycles. The van der Waals surface area contributed by atoms with E-state index >= 15 is 0 Å². The molecule has 7 heteroatoms. The number of methoxy groups -OCH3 is 2. The molecule has 1 aliphatic carbocycles. The fraction of sp³-hybridized carbons (Fsp3) is 0.333. The summed E-state index contributed by atoms with van der Waals surface area (Å²) in [5, 5.41) is 3.95. The van der Waals surface area contributed by atoms with Gasteiger partial charge in [-0.25, -0.2) is 4.79 Å². The van der Waals surface area contributed by atoms with Gasteiger partial charge in [0.25, 0.3) is 0 Å². The minimum Gasteiger partial charge on any atom is -0.497 e. The average molecular weight is 482 g/mol. The summed E-state index contributed by atoms with van der Waals surface area (Å²) in [4.78, 5) is 26.7. The van der Waals surface area contributed by atoms with Gasteiger partial charge < -0.3 is 19.5 Å². The number of ketones is 1. The van der Waals surface area contributed by atoms with Gasteiger partial charge in [0.15, 0.2) is 5.78 Å². The highest BCUT2D eigenvalue weighted by molar-refractivity contribution is 6.30. The topological polar surface area (TPSA) is 73.9 Å². The van der Waals surface area contributed by atoms with Crippen molar-refractivity contribution in [3.8, 4) is 5.75 Å². The molecule has 1 aliphatic heterocycles. The van der Waals surface area contributed by atoms with Crippen molar-refractivity contribution in [2.24, 2.45) is 0 Å². The maximum Gasteiger partial charge on any atom is 0.336 e. The second-order valence-corrected chi connectivity index (χ2v) is 8.91. The fourth-order valence-corrected chi connectivity index (χ4v) is 4.83. The number of nitrogens with one attached hydrogen (secondary N) is 1. The van der Waals surface area contributed by atoms with Gasteiger partial charge in [-0.3, -0.25) is 4.79 Å². The molecule has 2 aromatic rings. The fourth-order valence-electron chi connectivity index (χ4n) is 4.71. The summed E-state index contributed by atoms with van der Waals surface area (Å²) in [6.45, 7) is 2.29. The number of allylic oxidation sites excluding steroid dienone is 3. The Bertz CT molecular complexity index is 1130. The van der Waals surface area contributed by atoms with E-state index in [0.29, 0.717) is 41.3 Å². The lowest BCUT2D eigenvalue weighted by atomic mass is 9.72. The Morgan fingerprint density at radius 1 is 1.00 bits per heavy atom. The van der Waals surface area contributed by atoms with E-state index in [1.165, 1.54) is 0 Å². The van der Waals surface area contributed by atoms with E-state index in [-0.39, 0.29) is 18.3 Å². The lowest BCUT2D eigenvalue weighted by Crippen LogP contribution is -2.36. The molecule has 4 rings (SSSR count). The van der Waals surface area contributed by atoms with Crippen molar-refractivity contribution in [3.05, 3.63) is 87.2 Å². The van der Waals surface area contributed by atoms with E-state index in [2.05, 4.69) is 5.32 Å². The molecule has 2 aromatic carbocycles. The number of hydrogen-bond donors (Lipinski definition) is 1. The summed E-state index contributed by atoms with van der Waals surface area (Å²) in [5.41, 5.74) is 4.50. The van der Waals surface area contributed by atoms with Crippen molar-refractivity contribution in [1.29, 1.82) is 0 Å². The highest BCUT2D eigenvalue weighted by Crippen LogP contribution is 2.46. The molecule has 2 atom stereocenters. The van der Waals surface area contributed by atoms with E-state index in [4.69, 9.17) is 25.8 Å². The number of dihydropyridines is 1. The minimum atomic E-state index is -0.520. The Kier molecular flexibility index (Phi) is 7.39. The van der Waals surface area contributed by atoms with Crippen molar-refractivity contribution in [2.45, 2.75) is 31.6 Å². The summed E-state index contributed by atoms with van der Waals surface area (Å²) in [6.07, 6.45) is 1.03. The van der Waals surface area contributed by atoms with Crippen LogP contribution >= 0.6 is 11.6 Å². The standard InChI is InChI=1S/C27H28ClNO5/c1-16-24(27(31)34-13-12-32-2)25(18-4-8-20(28)9-5-18)26-22(29-16)14-19(15-23(26)30)17-6-10-21(33-3)11-7-17/h4-11,19,25,29H,12-15H2,1-3H3. The lowest BCUT2D eigenvalue weighted by Gasteiger charge is -2.36. The predicted molar refractivity (Wildman–Crippen MR) is 130 cm³/mol. The Morgan fingerprint density at radius 3 is 2.32 bits per heavy atom. The van der Waals surface area contributed by atoms with Crippen LogP contribution in [0.1, 0.15) is 42.7 Å². The zero-order chi connectivity index (χ0) is 24.2. The normalized spacial score (nSPS) is 20.1. The number of hydrogen-bond acceptors (Lipinski definition) is 6. The molecule has 0 saturated carbocycles. The molecule has 2 aliphatic rings. The third-order valence-corrected chi connectivity index (χ3v) is 6.61. The van der Waals surface area contributed by atoms with E-state index in [9.17, 15) is 9.59 Å². The molecule has 6 nitrogen and oxygen atoms in total. The van der Waals surface area contributed by atoms with Gasteiger partial charge in [0.05, 0.1) is 19.3 Å². The molecule has 0 fully saturated rings. The molecule has 0 saturated heterocycles. The average Bonchev–Trinajstić information content (AvgIpc) is 2.83. The van der Waals surface area contributed by atoms with E-state index in [1.807, 2.05) is 43.3 Å². The Labute approximate surface area is 204 Å². The Hall–Kier alpha value is -3.09. The van der Waals surface area contributed by atoms with Gasteiger partial charge in [-0.2, -0.15) is 0 Å². The van der Waals surface area contributed by atoms with Crippen LogP contribution in [0, 0.1) is 0 Å². The van der Waals surface area contributed by atoms with Crippen molar-refractivity contribution >= 4 is 23.4 Å². The highest BCUT2D eigenvalue weighted by Gasteiger charge is 2.41. The first-order valence-corrected chi connectivity index (χ1v) is 11.6. The van der Waals surface area contributed by atoms with E-state index in [0.717, 1.165) is 22.6 Å². The molecule has 0 aromatic heterocycles. The summed E-state index contributed by atoms with van der Waals surface area (Å²) < 4.78 is 15.7. The Morgan fingerprint density at radius 2 is 1.68 bits per heavy atom. The first-order valence-electron chi connectivity index (χ1n) is 11.2. The monoisotopic (exact) mass is 481 g/mol. The predicted octanol–water partition coefficient (Wildman–Crippen LogP) is 4.90. The van der Waals surface area contributed by atoms with Crippen LogP contribution in [0.3, 0.4) is 0 Å². The third kappa shape index (κ3) is 4.88. The molecular weight excluding hydrogens is 454 g/mol. The van der Waals surface area contributed by atoms with Crippen molar-refractivity contribution in [2.75, 3.05) is 27.4 Å². The van der Waals surface area contributed by atoms with Crippen molar-refractivity contribution in [1.82, 2.24) is 5.32 Å². The van der Waals surface area contributed by atoms with Gasteiger partial charge >= 0.3 is 5.97 Å². The number of ether oxygens (including phenoxy) is 3. The molecule has 1 N–H and O–H groups in total. The number of esters is 1. The van der Waals surface area contributed by atoms with Gasteiger partial charge in [0, 0.05) is 41.4 Å². The SMILES string of the molecule is COCCOC(=O)C1=C(C)NC2=C(C(=O)CC(c3ccc(OC)cc3)C2)C1c1ccc(Cl)cc1. The van der Waals surface area contributed by atoms with Crippen LogP contribution in [-0.2, 0) is 19.1 Å². The van der Waals surface area contributed by atoms with Crippen LogP contribution in [0.25, 0.3) is 0 Å². The molecular formula is C27H28ClNO5. The summed E-state index contributed by atoms with van der Waals surface area (Å²) >= 11 is 6.12. The largest absolute Gasteiger partial charge is 0.497 e. The van der Waals surface area contributed by atoms with Crippen LogP contribution in [0.4, 0.5) is 0 Å². The first kappa shape index (κ1) is 24.0. The van der Waals surface area contributed by atoms with Gasteiger partial charge in [0.2, 0.25) is 0 Å². The summed E-state index contributed by atoms with van der Waals surface area (Å²) in [7, 11) is 3.18. The molecule has 0 radical (unpaired) electrons. The number of rotatable bonds is 7. The maximum atomic E-state index is 13.6. The third-order valence-electron chi connectivity index (χ3n) is 6.36. The zero-order valence-electron chi connectivity index (χ0n) is 19.5. The number of Topliss-reactive ketones (excluding diaryl/α,β-unsaturated/α-hetero) is 1. The second kappa shape index (κ2) is 10.5. The molecule has 0 bridgehead atoms. The van der Waals surface area contributed by atoms with Gasteiger partial charge in [0.1, 0.15) is 12.4 Å². The van der Waals surface area contributed by atoms with Crippen LogP contribution in [0.15, 0.2) is 71.1 Å². The molecule has 34 heavy (non-hydrogen) atoms. The zero-order valence-corrected chi connectivity index (χ0v) is 20.3. The summed E-state index contributed by atoms with van der Waals surface area (Å²) in [6, 6.07) is 15.1. The number of benzene rings is 2. The quantitative estimate of drug-likeness (QED) is 0.448. The van der Waals surface area contributed by atoms with E-state index < -0.39 is 11.9 Å². The number of carbonyl (C=O) groups excluding carboxylic acids is 2. The van der Waals surface area contributed by atoms with Gasteiger partial charge in [-0.15, -0.1) is 0 Å². The van der Waals surface area contributed by atoms with Gasteiger partial charge in [-0.05, 0) is 54.7 Å². The molecule has 178 valence electrons. The van der Waals surface area contributed by atoms with Crippen LogP contribution < -0.4 is 10.1 Å². The van der Waals surface area contributed by atoms with Crippen LogP contribution in [0.5, 0.6) is 5.75 Å². The van der Waals surface area contributed by atoms with Crippen LogP contribution in [-0.4, -0.2) is 39.2 Å². The minimum absolute atomic E-state index is 0.0178. The Balaban J connectivity index is 1.72.